The molecule has 0 aliphatic carbocycles. The van der Waals surface area contributed by atoms with Crippen LogP contribution in [0, 0.1) is 11.6 Å². The second kappa shape index (κ2) is 10.6. The summed E-state index contributed by atoms with van der Waals surface area (Å²) in [5.74, 6) is -1.82. The molecule has 7 nitrogen and oxygen atoms in total. The van der Waals surface area contributed by atoms with Gasteiger partial charge in [-0.15, -0.1) is 0 Å². The Kier molecular flexibility index (Phi) is 8.29. The number of nitrogens with one attached hydrogen (secondary N) is 1. The molecule has 0 amide bonds. The predicted molar refractivity (Wildman–Crippen MR) is 124 cm³/mol. The van der Waals surface area contributed by atoms with Gasteiger partial charge in [0, 0.05) is 31.3 Å². The molecule has 3 rings (SSSR count). The molecular weight excluding hydrogens is 443 g/mol. The molecule has 0 atom stereocenters. The molecule has 0 spiro atoms. The summed E-state index contributed by atoms with van der Waals surface area (Å²) >= 11 is 5.56. The van der Waals surface area contributed by atoms with Crippen LogP contribution in [0.5, 0.6) is 0 Å². The first-order valence-electron chi connectivity index (χ1n) is 10.3. The fourth-order valence-electron chi connectivity index (χ4n) is 3.87. The number of rotatable bonds is 4. The van der Waals surface area contributed by atoms with Crippen molar-refractivity contribution in [1.29, 1.82) is 0 Å². The highest BCUT2D eigenvalue weighted by atomic mass is 32.1. The van der Waals surface area contributed by atoms with Crippen molar-refractivity contribution in [1.82, 2.24) is 14.8 Å². The van der Waals surface area contributed by atoms with E-state index in [-0.39, 0.29) is 10.3 Å². The predicted octanol–water partition coefficient (Wildman–Crippen LogP) is 3.67. The number of hydrogen-bond acceptors (Lipinski definition) is 4. The minimum absolute atomic E-state index is 0.169. The van der Waals surface area contributed by atoms with E-state index < -0.39 is 19.0 Å². The SMILES string of the molecule is CC(C)(C)P(=NC(=S)N/N=C/c1ccc(F)c(F)c1)(N1CCOCC1)N1CCOCC1. The standard InChI is InChI=1S/C20H30F2N5O2PS/c1-20(2,3)30(26-6-10-28-11-7-26,27-8-12-29-13-9-27)25-19(31)24-23-15-16-4-5-17(21)18(22)14-16/h4-5,14-15H,6-13H2,1-3H3,(H,24,31)/b23-15+. The number of benzene rings is 1. The number of halogens is 2. The second-order valence-corrected chi connectivity index (χ2v) is 12.5. The van der Waals surface area contributed by atoms with Crippen LogP contribution in [0.3, 0.4) is 0 Å². The Balaban J connectivity index is 1.90. The van der Waals surface area contributed by atoms with Crippen molar-refractivity contribution in [3.8, 4) is 0 Å². The highest BCUT2D eigenvalue weighted by molar-refractivity contribution is 7.81. The Morgan fingerprint density at radius 1 is 1.03 bits per heavy atom. The average molecular weight is 474 g/mol. The number of hydrogen-bond donors (Lipinski definition) is 1. The third kappa shape index (κ3) is 5.74. The van der Waals surface area contributed by atoms with Crippen molar-refractivity contribution in [2.75, 3.05) is 52.6 Å². The first-order chi connectivity index (χ1) is 14.7. The molecule has 2 aliphatic heterocycles. The van der Waals surface area contributed by atoms with Crippen LogP contribution in [0.25, 0.3) is 0 Å². The largest absolute Gasteiger partial charge is 0.379 e. The van der Waals surface area contributed by atoms with E-state index >= 15 is 0 Å². The second-order valence-electron chi connectivity index (χ2n) is 8.32. The molecular formula is C20H30F2N5O2PS. The normalized spacial score (nSPS) is 19.5. The van der Waals surface area contributed by atoms with E-state index in [0.717, 1.165) is 38.3 Å². The summed E-state index contributed by atoms with van der Waals surface area (Å²) in [5.41, 5.74) is 3.22. The number of ether oxygens (including phenoxy) is 2. The van der Waals surface area contributed by atoms with Crippen molar-refractivity contribution in [3.63, 3.8) is 0 Å². The van der Waals surface area contributed by atoms with Crippen LogP contribution in [0.15, 0.2) is 28.0 Å². The van der Waals surface area contributed by atoms with Crippen LogP contribution < -0.4 is 5.43 Å². The van der Waals surface area contributed by atoms with Crippen LogP contribution in [-0.2, 0) is 9.47 Å². The Hall–Kier alpha value is -1.29. The molecule has 11 heteroatoms. The fraction of sp³-hybridized carbons (Fsp3) is 0.600. The Morgan fingerprint density at radius 3 is 2.06 bits per heavy atom. The van der Waals surface area contributed by atoms with Gasteiger partial charge in [-0.05, 0) is 29.9 Å². The number of thiocarbonyl (C=S) groups is 1. The molecule has 1 N–H and O–H groups in total. The molecule has 2 aliphatic rings. The third-order valence-corrected chi connectivity index (χ3v) is 10.2. The Bertz CT molecular complexity index is 844. The van der Waals surface area contributed by atoms with Gasteiger partial charge in [0.05, 0.1) is 32.6 Å². The van der Waals surface area contributed by atoms with Crippen molar-refractivity contribution >= 4 is 30.9 Å². The summed E-state index contributed by atoms with van der Waals surface area (Å²) < 4.78 is 47.7. The molecule has 0 bridgehead atoms. The average Bonchev–Trinajstić information content (AvgIpc) is 2.75. The van der Waals surface area contributed by atoms with Gasteiger partial charge in [-0.25, -0.2) is 13.5 Å². The van der Waals surface area contributed by atoms with Gasteiger partial charge in [0.25, 0.3) is 0 Å². The van der Waals surface area contributed by atoms with Crippen LogP contribution in [0.1, 0.15) is 26.3 Å². The molecule has 2 fully saturated rings. The molecule has 0 radical (unpaired) electrons. The minimum atomic E-state index is -2.27. The fourth-order valence-corrected chi connectivity index (χ4v) is 8.62. The summed E-state index contributed by atoms with van der Waals surface area (Å²) in [6.45, 7) is 12.4. The van der Waals surface area contributed by atoms with Gasteiger partial charge in [-0.3, -0.25) is 14.8 Å². The third-order valence-electron chi connectivity index (χ3n) is 5.21. The lowest BCUT2D eigenvalue weighted by molar-refractivity contribution is 0.0551. The van der Waals surface area contributed by atoms with Crippen molar-refractivity contribution in [2.24, 2.45) is 9.85 Å². The zero-order valence-corrected chi connectivity index (χ0v) is 19.9. The molecule has 172 valence electrons. The molecule has 0 aromatic heterocycles. The zero-order valence-electron chi connectivity index (χ0n) is 18.2. The summed E-state index contributed by atoms with van der Waals surface area (Å²) in [7, 11) is -2.27. The molecule has 2 saturated heterocycles. The lowest BCUT2D eigenvalue weighted by atomic mass is 10.2. The van der Waals surface area contributed by atoms with Gasteiger partial charge >= 0.3 is 0 Å². The van der Waals surface area contributed by atoms with Gasteiger partial charge in [0.1, 0.15) is 7.36 Å². The summed E-state index contributed by atoms with van der Waals surface area (Å²) in [5, 5.41) is 4.20. The van der Waals surface area contributed by atoms with E-state index in [0.29, 0.717) is 32.0 Å². The maximum Gasteiger partial charge on any atom is 0.214 e. The molecule has 31 heavy (non-hydrogen) atoms. The first-order valence-corrected chi connectivity index (χ1v) is 12.4. The molecule has 0 unspecified atom stereocenters. The van der Waals surface area contributed by atoms with E-state index in [1.54, 1.807) is 0 Å². The molecule has 1 aromatic carbocycles. The van der Waals surface area contributed by atoms with Gasteiger partial charge < -0.3 is 9.47 Å². The summed E-state index contributed by atoms with van der Waals surface area (Å²) in [6.07, 6.45) is 1.39. The molecule has 0 saturated carbocycles. The zero-order chi connectivity index (χ0) is 22.5. The van der Waals surface area contributed by atoms with E-state index in [9.17, 15) is 8.78 Å². The smallest absolute Gasteiger partial charge is 0.214 e. The monoisotopic (exact) mass is 473 g/mol. The van der Waals surface area contributed by atoms with Crippen LogP contribution in [0.4, 0.5) is 8.78 Å². The topological polar surface area (TPSA) is 61.7 Å². The minimum Gasteiger partial charge on any atom is -0.379 e. The maximum atomic E-state index is 13.4. The van der Waals surface area contributed by atoms with E-state index in [4.69, 9.17) is 26.4 Å². The lowest BCUT2D eigenvalue weighted by Crippen LogP contribution is -2.48. The molecule has 2 heterocycles. The van der Waals surface area contributed by atoms with E-state index in [1.807, 2.05) is 0 Å². The van der Waals surface area contributed by atoms with Crippen LogP contribution >= 0.6 is 19.6 Å². The van der Waals surface area contributed by atoms with Crippen LogP contribution in [0.2, 0.25) is 0 Å². The van der Waals surface area contributed by atoms with Gasteiger partial charge in [-0.2, -0.15) is 5.10 Å². The highest BCUT2D eigenvalue weighted by Crippen LogP contribution is 2.66. The Morgan fingerprint density at radius 2 is 1.58 bits per heavy atom. The lowest BCUT2D eigenvalue weighted by Gasteiger charge is -2.52. The quantitative estimate of drug-likeness (QED) is 0.312. The summed E-state index contributed by atoms with van der Waals surface area (Å²) in [6, 6.07) is 3.58. The van der Waals surface area contributed by atoms with Crippen molar-refractivity contribution in [3.05, 3.63) is 35.4 Å². The number of nitrogens with zero attached hydrogens (tertiary/aromatic N) is 4. The first kappa shape index (κ1) is 24.4. The van der Waals surface area contributed by atoms with Gasteiger partial charge in [-0.1, -0.05) is 26.8 Å². The van der Waals surface area contributed by atoms with E-state index in [1.165, 1.54) is 12.3 Å². The molecule has 1 aromatic rings. The van der Waals surface area contributed by atoms with Gasteiger partial charge in [0.15, 0.2) is 11.6 Å². The number of hydrazone groups is 1. The summed E-state index contributed by atoms with van der Waals surface area (Å²) in [4.78, 5) is 0. The van der Waals surface area contributed by atoms with E-state index in [2.05, 4.69) is 40.6 Å². The number of morpholine rings is 2. The van der Waals surface area contributed by atoms with Crippen molar-refractivity contribution in [2.45, 2.75) is 25.9 Å². The van der Waals surface area contributed by atoms with Gasteiger partial charge in [0.2, 0.25) is 5.11 Å². The van der Waals surface area contributed by atoms with Crippen LogP contribution in [-0.4, -0.2) is 78.4 Å². The van der Waals surface area contributed by atoms with Crippen molar-refractivity contribution < 1.29 is 18.3 Å². The highest BCUT2D eigenvalue weighted by Gasteiger charge is 2.45. The Labute approximate surface area is 187 Å². The maximum absolute atomic E-state index is 13.4.